The fourth-order valence-corrected chi connectivity index (χ4v) is 5.02. The van der Waals surface area contributed by atoms with Crippen molar-refractivity contribution in [3.63, 3.8) is 0 Å². The van der Waals surface area contributed by atoms with E-state index >= 15 is 0 Å². The van der Waals surface area contributed by atoms with Crippen LogP contribution in [0.2, 0.25) is 18.1 Å². The van der Waals surface area contributed by atoms with Crippen LogP contribution < -0.4 is 18.8 Å². The number of methoxy groups -OCH3 is 2. The van der Waals surface area contributed by atoms with Gasteiger partial charge in [0.2, 0.25) is 0 Å². The van der Waals surface area contributed by atoms with Crippen LogP contribution in [0.5, 0.6) is 17.2 Å². The van der Waals surface area contributed by atoms with Crippen LogP contribution in [0.4, 0.5) is 13.2 Å². The first-order valence-electron chi connectivity index (χ1n) is 8.51. The van der Waals surface area contributed by atoms with E-state index in [0.29, 0.717) is 0 Å². The zero-order chi connectivity index (χ0) is 22.7. The lowest BCUT2D eigenvalue weighted by molar-refractivity contribution is -0.0500. The predicted molar refractivity (Wildman–Crippen MR) is 104 cm³/mol. The Morgan fingerprint density at radius 1 is 0.931 bits per heavy atom. The maximum Gasteiger partial charge on any atom is 0.534 e. The van der Waals surface area contributed by atoms with Crippen LogP contribution in [0.15, 0.2) is 12.1 Å². The lowest BCUT2D eigenvalue weighted by atomic mass is 10.2. The number of ether oxygens (including phenoxy) is 4. The molecule has 168 valence electrons. The number of halogens is 3. The SMILES string of the molecule is COCOc1cc(OCOC)c([Si](C)(C)C(C)(C)C)c(OS(=O)(=O)C(F)(F)F)c1. The van der Waals surface area contributed by atoms with Crippen LogP contribution in [-0.2, 0) is 19.6 Å². The van der Waals surface area contributed by atoms with Gasteiger partial charge in [-0.1, -0.05) is 33.9 Å². The average molecular weight is 461 g/mol. The highest BCUT2D eigenvalue weighted by atomic mass is 32.2. The van der Waals surface area contributed by atoms with E-state index in [1.807, 2.05) is 33.9 Å². The second-order valence-corrected chi connectivity index (χ2v) is 14.5. The topological polar surface area (TPSA) is 80.3 Å². The number of benzene rings is 1. The molecule has 0 unspecified atom stereocenters. The molecule has 0 aliphatic rings. The third kappa shape index (κ3) is 6.00. The van der Waals surface area contributed by atoms with Crippen molar-refractivity contribution >= 4 is 23.4 Å². The first-order chi connectivity index (χ1) is 13.1. The van der Waals surface area contributed by atoms with Gasteiger partial charge in [-0.15, -0.1) is 0 Å². The molecule has 7 nitrogen and oxygen atoms in total. The highest BCUT2D eigenvalue weighted by Gasteiger charge is 2.50. The first kappa shape index (κ1) is 25.5. The van der Waals surface area contributed by atoms with E-state index in [4.69, 9.17) is 18.9 Å². The van der Waals surface area contributed by atoms with Crippen LogP contribution in [0.25, 0.3) is 0 Å². The summed E-state index contributed by atoms with van der Waals surface area (Å²) in [6.07, 6.45) is 0. The maximum atomic E-state index is 13.0. The zero-order valence-electron chi connectivity index (χ0n) is 17.5. The monoisotopic (exact) mass is 460 g/mol. The van der Waals surface area contributed by atoms with Crippen LogP contribution in [-0.4, -0.2) is 49.8 Å². The molecule has 0 saturated carbocycles. The Bertz CT molecular complexity index is 802. The Hall–Kier alpha value is -1.50. The van der Waals surface area contributed by atoms with Gasteiger partial charge in [-0.2, -0.15) is 21.6 Å². The molecule has 0 N–H and O–H groups in total. The van der Waals surface area contributed by atoms with Gasteiger partial charge in [-0.05, 0) is 5.04 Å². The van der Waals surface area contributed by atoms with Crippen LogP contribution in [0.1, 0.15) is 20.8 Å². The van der Waals surface area contributed by atoms with Gasteiger partial charge < -0.3 is 23.1 Å². The van der Waals surface area contributed by atoms with E-state index in [-0.39, 0.29) is 35.3 Å². The first-order valence-corrected chi connectivity index (χ1v) is 12.9. The van der Waals surface area contributed by atoms with Gasteiger partial charge >= 0.3 is 15.6 Å². The third-order valence-corrected chi connectivity index (χ3v) is 11.2. The Kier molecular flexibility index (Phi) is 8.02. The normalized spacial score (nSPS) is 13.3. The Morgan fingerprint density at radius 3 is 1.86 bits per heavy atom. The fraction of sp³-hybridized carbons (Fsp3) is 0.647. The van der Waals surface area contributed by atoms with Gasteiger partial charge in [0.1, 0.15) is 17.2 Å². The number of alkyl halides is 3. The van der Waals surface area contributed by atoms with E-state index < -0.39 is 29.4 Å². The molecular formula is C17H27F3O7SSi. The molecule has 0 radical (unpaired) electrons. The summed E-state index contributed by atoms with van der Waals surface area (Å²) >= 11 is 0. The summed E-state index contributed by atoms with van der Waals surface area (Å²) in [5.74, 6) is -0.346. The van der Waals surface area contributed by atoms with E-state index in [2.05, 4.69) is 4.18 Å². The van der Waals surface area contributed by atoms with Gasteiger partial charge in [0, 0.05) is 31.5 Å². The lowest BCUT2D eigenvalue weighted by Gasteiger charge is -2.39. The smallest absolute Gasteiger partial charge is 0.467 e. The van der Waals surface area contributed by atoms with Gasteiger partial charge in [-0.25, -0.2) is 0 Å². The Morgan fingerprint density at radius 2 is 1.41 bits per heavy atom. The lowest BCUT2D eigenvalue weighted by Crippen LogP contribution is -2.51. The van der Waals surface area contributed by atoms with Crippen molar-refractivity contribution in [1.29, 1.82) is 0 Å². The third-order valence-electron chi connectivity index (χ3n) is 4.70. The van der Waals surface area contributed by atoms with E-state index in [9.17, 15) is 21.6 Å². The van der Waals surface area contributed by atoms with Crippen molar-refractivity contribution in [1.82, 2.24) is 0 Å². The standard InChI is InChI=1S/C17H27F3O7SSi/c1-16(2,3)29(6,7)15-13(26-11-24-5)8-12(25-10-23-4)9-14(15)27-28(21,22)17(18,19)20/h8-9H,10-11H2,1-7H3. The summed E-state index contributed by atoms with van der Waals surface area (Å²) in [4.78, 5) is 0. The highest BCUT2D eigenvalue weighted by molar-refractivity contribution is 7.88. The largest absolute Gasteiger partial charge is 0.534 e. The van der Waals surface area contributed by atoms with Crippen LogP contribution in [0, 0.1) is 0 Å². The summed E-state index contributed by atoms with van der Waals surface area (Å²) < 4.78 is 87.5. The summed E-state index contributed by atoms with van der Waals surface area (Å²) in [7, 11) is -5.83. The second kappa shape index (κ2) is 9.10. The minimum Gasteiger partial charge on any atom is -0.467 e. The predicted octanol–water partition coefficient (Wildman–Crippen LogP) is 3.60. The summed E-state index contributed by atoms with van der Waals surface area (Å²) in [6.45, 7) is 9.08. The maximum absolute atomic E-state index is 13.0. The van der Waals surface area contributed by atoms with Crippen molar-refractivity contribution in [2.45, 2.75) is 44.4 Å². The van der Waals surface area contributed by atoms with Crippen molar-refractivity contribution in [2.24, 2.45) is 0 Å². The summed E-state index contributed by atoms with van der Waals surface area (Å²) in [5, 5.41) is -0.118. The van der Waals surface area contributed by atoms with Gasteiger partial charge in [0.05, 0.1) is 8.07 Å². The molecule has 1 aromatic rings. The Balaban J connectivity index is 3.78. The number of rotatable bonds is 9. The summed E-state index contributed by atoms with van der Waals surface area (Å²) in [6, 6.07) is 2.54. The second-order valence-electron chi connectivity index (χ2n) is 7.75. The fourth-order valence-electron chi connectivity index (χ4n) is 2.23. The van der Waals surface area contributed by atoms with Crippen molar-refractivity contribution in [3.8, 4) is 17.2 Å². The minimum atomic E-state index is -5.90. The molecule has 0 aliphatic carbocycles. The molecule has 29 heavy (non-hydrogen) atoms. The van der Waals surface area contributed by atoms with Crippen LogP contribution in [0.3, 0.4) is 0 Å². The van der Waals surface area contributed by atoms with Crippen molar-refractivity contribution in [2.75, 3.05) is 27.8 Å². The van der Waals surface area contributed by atoms with E-state index in [0.717, 1.165) is 6.07 Å². The molecule has 1 rings (SSSR count). The van der Waals surface area contributed by atoms with E-state index in [1.165, 1.54) is 20.3 Å². The highest BCUT2D eigenvalue weighted by Crippen LogP contribution is 2.42. The van der Waals surface area contributed by atoms with E-state index in [1.54, 1.807) is 0 Å². The molecule has 0 bridgehead atoms. The molecule has 0 atom stereocenters. The molecule has 0 aliphatic heterocycles. The molecular weight excluding hydrogens is 433 g/mol. The molecule has 0 amide bonds. The molecule has 1 aromatic carbocycles. The average Bonchev–Trinajstić information content (AvgIpc) is 2.55. The van der Waals surface area contributed by atoms with Crippen molar-refractivity contribution in [3.05, 3.63) is 12.1 Å². The molecule has 0 aromatic heterocycles. The van der Waals surface area contributed by atoms with Gasteiger partial charge in [0.25, 0.3) is 0 Å². The number of hydrogen-bond acceptors (Lipinski definition) is 7. The molecule has 0 fully saturated rings. The van der Waals surface area contributed by atoms with Crippen LogP contribution >= 0.6 is 0 Å². The Labute approximate surface area is 170 Å². The molecule has 0 saturated heterocycles. The molecule has 0 heterocycles. The minimum absolute atomic E-state index is 0.0211. The van der Waals surface area contributed by atoms with Gasteiger partial charge in [0.15, 0.2) is 13.6 Å². The zero-order valence-corrected chi connectivity index (χ0v) is 19.3. The summed E-state index contributed by atoms with van der Waals surface area (Å²) in [5.41, 5.74) is -5.59. The quantitative estimate of drug-likeness (QED) is 0.241. The molecule has 0 spiro atoms. The van der Waals surface area contributed by atoms with Crippen molar-refractivity contribution < 1.29 is 44.7 Å². The molecule has 12 heteroatoms. The van der Waals surface area contributed by atoms with Gasteiger partial charge in [-0.3, -0.25) is 0 Å². The number of hydrogen-bond donors (Lipinski definition) is 0.